The second-order valence-electron chi connectivity index (χ2n) is 5.15. The van der Waals surface area contributed by atoms with E-state index >= 15 is 0 Å². The lowest BCUT2D eigenvalue weighted by molar-refractivity contribution is -0.123. The lowest BCUT2D eigenvalue weighted by Gasteiger charge is -2.13. The van der Waals surface area contributed by atoms with Crippen LogP contribution in [0, 0.1) is 0 Å². The van der Waals surface area contributed by atoms with Crippen LogP contribution in [0.1, 0.15) is 17.3 Å². The van der Waals surface area contributed by atoms with Gasteiger partial charge in [0.25, 0.3) is 5.91 Å². The van der Waals surface area contributed by atoms with Crippen LogP contribution in [0.5, 0.6) is 5.75 Å². The Hall–Kier alpha value is -2.91. The second-order valence-corrected chi connectivity index (χ2v) is 6.71. The fourth-order valence-corrected chi connectivity index (χ4v) is 2.37. The smallest absolute Gasteiger partial charge is 0.338 e. The molecule has 0 saturated carbocycles. The zero-order valence-corrected chi connectivity index (χ0v) is 14.0. The summed E-state index contributed by atoms with van der Waals surface area (Å²) in [6.07, 6.45) is -1.08. The van der Waals surface area contributed by atoms with E-state index in [0.29, 0.717) is 5.69 Å². The summed E-state index contributed by atoms with van der Waals surface area (Å²) in [5.41, 5.74) is 0.514. The number of nitrogens with one attached hydrogen (secondary N) is 1. The molecule has 0 bridgehead atoms. The molecule has 132 valence electrons. The molecule has 0 radical (unpaired) electrons. The van der Waals surface area contributed by atoms with Crippen molar-refractivity contribution in [3.8, 4) is 5.75 Å². The van der Waals surface area contributed by atoms with Gasteiger partial charge >= 0.3 is 5.97 Å². The van der Waals surface area contributed by atoms with Crippen molar-refractivity contribution in [1.82, 2.24) is 0 Å². The number of amides is 1. The minimum absolute atomic E-state index is 0.00489. The molecule has 0 unspecified atom stereocenters. The highest BCUT2D eigenvalue weighted by Gasteiger charge is 2.19. The largest absolute Gasteiger partial charge is 0.508 e. The van der Waals surface area contributed by atoms with Crippen LogP contribution in [-0.2, 0) is 19.6 Å². The van der Waals surface area contributed by atoms with Crippen LogP contribution in [0.3, 0.4) is 0 Å². The number of phenols is 1. The number of hydrogen-bond acceptors (Lipinski definition) is 6. The standard InChI is InChI=1S/C16H16N2O6S/c1-10(24-16(21)11-2-6-13(19)7-3-11)15(20)18-12-4-8-14(9-5-12)25(17,22)23/h2-10,19H,1H3,(H,18,20)(H2,17,22,23)/t10-/m0/s1. The lowest BCUT2D eigenvalue weighted by atomic mass is 10.2. The monoisotopic (exact) mass is 364 g/mol. The van der Waals surface area contributed by atoms with E-state index in [4.69, 9.17) is 9.88 Å². The van der Waals surface area contributed by atoms with Crippen LogP contribution in [-0.4, -0.2) is 31.5 Å². The van der Waals surface area contributed by atoms with Crippen LogP contribution in [0.4, 0.5) is 5.69 Å². The van der Waals surface area contributed by atoms with Gasteiger partial charge in [0.15, 0.2) is 6.10 Å². The third kappa shape index (κ3) is 5.03. The van der Waals surface area contributed by atoms with Crippen LogP contribution in [0.15, 0.2) is 53.4 Å². The molecule has 8 nitrogen and oxygen atoms in total. The van der Waals surface area contributed by atoms with Gasteiger partial charge in [-0.1, -0.05) is 0 Å². The quantitative estimate of drug-likeness (QED) is 0.683. The van der Waals surface area contributed by atoms with Gasteiger partial charge in [0.1, 0.15) is 5.75 Å². The summed E-state index contributed by atoms with van der Waals surface area (Å²) in [5, 5.41) is 16.7. The Morgan fingerprint density at radius 3 is 2.16 bits per heavy atom. The van der Waals surface area contributed by atoms with E-state index in [0.717, 1.165) is 0 Å². The zero-order valence-electron chi connectivity index (χ0n) is 13.2. The number of ether oxygens (including phenoxy) is 1. The summed E-state index contributed by atoms with van der Waals surface area (Å²) in [6.45, 7) is 1.40. The molecule has 4 N–H and O–H groups in total. The Kier molecular flexibility index (Phi) is 5.40. The molecule has 2 aromatic rings. The third-order valence-electron chi connectivity index (χ3n) is 3.21. The highest BCUT2D eigenvalue weighted by Crippen LogP contribution is 2.14. The highest BCUT2D eigenvalue weighted by atomic mass is 32.2. The first-order chi connectivity index (χ1) is 11.7. The maximum Gasteiger partial charge on any atom is 0.338 e. The number of phenolic OH excluding ortho intramolecular Hbond substituents is 1. The normalized spacial score (nSPS) is 12.2. The molecule has 0 spiro atoms. The molecule has 25 heavy (non-hydrogen) atoms. The Bertz CT molecular complexity index is 876. The zero-order chi connectivity index (χ0) is 18.6. The molecule has 1 amide bonds. The number of benzene rings is 2. The van der Waals surface area contributed by atoms with Crippen LogP contribution < -0.4 is 10.5 Å². The number of anilines is 1. The van der Waals surface area contributed by atoms with E-state index < -0.39 is 28.0 Å². The van der Waals surface area contributed by atoms with Gasteiger partial charge in [-0.25, -0.2) is 18.4 Å². The van der Waals surface area contributed by atoms with Gasteiger partial charge < -0.3 is 15.2 Å². The van der Waals surface area contributed by atoms with Crippen molar-refractivity contribution in [2.75, 3.05) is 5.32 Å². The van der Waals surface area contributed by atoms with Crippen molar-refractivity contribution < 1.29 is 27.9 Å². The molecule has 0 saturated heterocycles. The van der Waals surface area contributed by atoms with E-state index in [2.05, 4.69) is 5.32 Å². The molecule has 0 heterocycles. The lowest BCUT2D eigenvalue weighted by Crippen LogP contribution is -2.30. The Labute approximate surface area is 144 Å². The maximum absolute atomic E-state index is 12.0. The number of primary sulfonamides is 1. The molecule has 9 heteroatoms. The topological polar surface area (TPSA) is 136 Å². The van der Waals surface area contributed by atoms with Gasteiger partial charge in [-0.3, -0.25) is 4.79 Å². The predicted molar refractivity (Wildman–Crippen MR) is 89.4 cm³/mol. The van der Waals surface area contributed by atoms with Gasteiger partial charge in [-0.2, -0.15) is 0 Å². The van der Waals surface area contributed by atoms with Crippen molar-refractivity contribution in [3.63, 3.8) is 0 Å². The molecular weight excluding hydrogens is 348 g/mol. The van der Waals surface area contributed by atoms with Crippen LogP contribution >= 0.6 is 0 Å². The average Bonchev–Trinajstić information content (AvgIpc) is 2.55. The predicted octanol–water partition coefficient (Wildman–Crippen LogP) is 1.22. The highest BCUT2D eigenvalue weighted by molar-refractivity contribution is 7.89. The number of sulfonamides is 1. The molecule has 0 aliphatic carbocycles. The minimum atomic E-state index is -3.81. The first kappa shape index (κ1) is 18.4. The number of aromatic hydroxyl groups is 1. The number of hydrogen-bond donors (Lipinski definition) is 3. The Morgan fingerprint density at radius 2 is 1.64 bits per heavy atom. The average molecular weight is 364 g/mol. The number of carbonyl (C=O) groups is 2. The maximum atomic E-state index is 12.0. The number of rotatable bonds is 5. The van der Waals surface area contributed by atoms with Gasteiger partial charge in [-0.15, -0.1) is 0 Å². The summed E-state index contributed by atoms with van der Waals surface area (Å²) in [7, 11) is -3.81. The SMILES string of the molecule is C[C@H](OC(=O)c1ccc(O)cc1)C(=O)Nc1ccc(S(N)(=O)=O)cc1. The molecule has 2 rings (SSSR count). The van der Waals surface area contributed by atoms with Gasteiger partial charge in [-0.05, 0) is 55.5 Å². The van der Waals surface area contributed by atoms with E-state index in [-0.39, 0.29) is 16.2 Å². The van der Waals surface area contributed by atoms with E-state index in [1.807, 2.05) is 0 Å². The first-order valence-corrected chi connectivity index (χ1v) is 8.65. The van der Waals surface area contributed by atoms with Crippen molar-refractivity contribution >= 4 is 27.6 Å². The molecule has 0 aliphatic heterocycles. The third-order valence-corrected chi connectivity index (χ3v) is 4.14. The molecule has 0 aliphatic rings. The summed E-state index contributed by atoms with van der Waals surface area (Å²) in [5.74, 6) is -1.30. The summed E-state index contributed by atoms with van der Waals surface area (Å²) in [6, 6.07) is 10.6. The first-order valence-electron chi connectivity index (χ1n) is 7.10. The van der Waals surface area contributed by atoms with Crippen molar-refractivity contribution in [3.05, 3.63) is 54.1 Å². The molecular formula is C16H16N2O6S. The number of esters is 1. The molecule has 1 atom stereocenters. The van der Waals surface area contributed by atoms with Gasteiger partial charge in [0.2, 0.25) is 10.0 Å². The van der Waals surface area contributed by atoms with Crippen LogP contribution in [0.2, 0.25) is 0 Å². The molecule has 0 fully saturated rings. The van der Waals surface area contributed by atoms with E-state index in [1.54, 1.807) is 0 Å². The summed E-state index contributed by atoms with van der Waals surface area (Å²) in [4.78, 5) is 23.9. The molecule has 0 aromatic heterocycles. The van der Waals surface area contributed by atoms with Gasteiger partial charge in [0, 0.05) is 5.69 Å². The summed E-state index contributed by atoms with van der Waals surface area (Å²) >= 11 is 0. The minimum Gasteiger partial charge on any atom is -0.508 e. The van der Waals surface area contributed by atoms with E-state index in [9.17, 15) is 23.1 Å². The van der Waals surface area contributed by atoms with Crippen molar-refractivity contribution in [1.29, 1.82) is 0 Å². The number of nitrogens with two attached hydrogens (primary N) is 1. The molecule has 2 aromatic carbocycles. The van der Waals surface area contributed by atoms with Crippen molar-refractivity contribution in [2.45, 2.75) is 17.9 Å². The fourth-order valence-electron chi connectivity index (χ4n) is 1.85. The Balaban J connectivity index is 1.98. The summed E-state index contributed by atoms with van der Waals surface area (Å²) < 4.78 is 27.4. The van der Waals surface area contributed by atoms with Crippen molar-refractivity contribution in [2.24, 2.45) is 5.14 Å². The van der Waals surface area contributed by atoms with Crippen LogP contribution in [0.25, 0.3) is 0 Å². The second kappa shape index (κ2) is 7.32. The van der Waals surface area contributed by atoms with Gasteiger partial charge in [0.05, 0.1) is 10.5 Å². The fraction of sp³-hybridized carbons (Fsp3) is 0.125. The Morgan fingerprint density at radius 1 is 1.08 bits per heavy atom. The van der Waals surface area contributed by atoms with E-state index in [1.165, 1.54) is 55.5 Å². The number of carbonyl (C=O) groups excluding carboxylic acids is 2.